The Kier molecular flexibility index (Phi) is 5.57. The predicted octanol–water partition coefficient (Wildman–Crippen LogP) is 4.19. The molecule has 5 nitrogen and oxygen atoms in total. The van der Waals surface area contributed by atoms with E-state index in [0.717, 1.165) is 48.7 Å². The second-order valence-electron chi connectivity index (χ2n) is 7.80. The van der Waals surface area contributed by atoms with E-state index < -0.39 is 17.3 Å². The fraction of sp³-hybridized carbons (Fsp3) is 0.500. The van der Waals surface area contributed by atoms with Gasteiger partial charge < -0.3 is 10.2 Å². The van der Waals surface area contributed by atoms with Crippen LogP contribution in [0.4, 0.5) is 18.9 Å². The fourth-order valence-electron chi connectivity index (χ4n) is 3.68. The maximum atomic E-state index is 12.9. The number of hydrogen-bond acceptors (Lipinski definition) is 4. The summed E-state index contributed by atoms with van der Waals surface area (Å²) < 4.78 is 39.7. The normalized spacial score (nSPS) is 18.8. The zero-order valence-electron chi connectivity index (χ0n) is 15.8. The van der Waals surface area contributed by atoms with Crippen LogP contribution in [0.2, 0.25) is 5.02 Å². The second kappa shape index (κ2) is 7.99. The summed E-state index contributed by atoms with van der Waals surface area (Å²) in [6, 6.07) is 4.65. The molecule has 0 amide bonds. The highest BCUT2D eigenvalue weighted by Gasteiger charge is 2.31. The van der Waals surface area contributed by atoms with E-state index in [1.807, 2.05) is 0 Å². The molecule has 1 aromatic heterocycles. The smallest absolute Gasteiger partial charge is 0.380 e. The fourth-order valence-corrected chi connectivity index (χ4v) is 3.86. The molecule has 1 saturated heterocycles. The molecule has 1 aliphatic carbocycles. The average Bonchev–Trinajstić information content (AvgIpc) is 3.51. The Bertz CT molecular complexity index is 934. The molecule has 0 radical (unpaired) electrons. The molecule has 4 rings (SSSR count). The summed E-state index contributed by atoms with van der Waals surface area (Å²) in [5.74, 6) is 0.863. The van der Waals surface area contributed by atoms with Crippen molar-refractivity contribution in [3.63, 3.8) is 0 Å². The molecule has 2 heterocycles. The van der Waals surface area contributed by atoms with Gasteiger partial charge >= 0.3 is 6.18 Å². The highest BCUT2D eigenvalue weighted by atomic mass is 35.5. The van der Waals surface area contributed by atoms with Crippen molar-refractivity contribution in [2.45, 2.75) is 37.9 Å². The average molecular weight is 427 g/mol. The first-order valence-electron chi connectivity index (χ1n) is 9.75. The Balaban J connectivity index is 1.47. The van der Waals surface area contributed by atoms with Crippen LogP contribution in [0.3, 0.4) is 0 Å². The van der Waals surface area contributed by atoms with Crippen molar-refractivity contribution in [1.29, 1.82) is 0 Å². The van der Waals surface area contributed by atoms with Crippen LogP contribution in [-0.4, -0.2) is 40.4 Å². The number of nitrogens with one attached hydrogen (secondary N) is 1. The molecule has 0 unspecified atom stereocenters. The number of aromatic nitrogens is 2. The monoisotopic (exact) mass is 426 g/mol. The minimum atomic E-state index is -4.50. The van der Waals surface area contributed by atoms with Gasteiger partial charge in [-0.2, -0.15) is 23.0 Å². The molecule has 2 aliphatic rings. The van der Waals surface area contributed by atoms with E-state index in [9.17, 15) is 18.0 Å². The van der Waals surface area contributed by atoms with Gasteiger partial charge in [0.2, 0.25) is 0 Å². The van der Waals surface area contributed by atoms with Gasteiger partial charge in [-0.15, -0.1) is 0 Å². The van der Waals surface area contributed by atoms with Crippen LogP contribution in [0.15, 0.2) is 35.3 Å². The molecule has 1 aliphatic heterocycles. The molecule has 0 bridgehead atoms. The van der Waals surface area contributed by atoms with Crippen molar-refractivity contribution in [3.8, 4) is 5.69 Å². The number of likely N-dealkylation sites (tertiary alicyclic amines) is 1. The Labute approximate surface area is 171 Å². The van der Waals surface area contributed by atoms with Crippen LogP contribution in [0, 0.1) is 5.92 Å². The zero-order chi connectivity index (χ0) is 20.6. The Morgan fingerprint density at radius 2 is 1.90 bits per heavy atom. The van der Waals surface area contributed by atoms with Crippen molar-refractivity contribution >= 4 is 17.3 Å². The zero-order valence-corrected chi connectivity index (χ0v) is 16.5. The van der Waals surface area contributed by atoms with Gasteiger partial charge in [0.15, 0.2) is 0 Å². The largest absolute Gasteiger partial charge is 0.416 e. The number of benzene rings is 1. The quantitative estimate of drug-likeness (QED) is 0.778. The first-order valence-corrected chi connectivity index (χ1v) is 10.1. The molecule has 9 heteroatoms. The van der Waals surface area contributed by atoms with Gasteiger partial charge in [-0.3, -0.25) is 4.79 Å². The van der Waals surface area contributed by atoms with Crippen LogP contribution in [0.5, 0.6) is 0 Å². The van der Waals surface area contributed by atoms with E-state index in [1.165, 1.54) is 37.7 Å². The van der Waals surface area contributed by atoms with E-state index in [4.69, 9.17) is 11.6 Å². The molecule has 0 spiro atoms. The lowest BCUT2D eigenvalue weighted by molar-refractivity contribution is -0.137. The third-order valence-electron chi connectivity index (χ3n) is 5.50. The lowest BCUT2D eigenvalue weighted by Gasteiger charge is -2.32. The summed E-state index contributed by atoms with van der Waals surface area (Å²) in [4.78, 5) is 15.1. The van der Waals surface area contributed by atoms with E-state index in [-0.39, 0.29) is 16.8 Å². The highest BCUT2D eigenvalue weighted by Crippen LogP contribution is 2.31. The maximum absolute atomic E-state index is 12.9. The Morgan fingerprint density at radius 1 is 1.17 bits per heavy atom. The minimum absolute atomic E-state index is 0.0201. The first kappa shape index (κ1) is 20.2. The molecule has 1 N–H and O–H groups in total. The van der Waals surface area contributed by atoms with Crippen LogP contribution in [0.1, 0.15) is 31.2 Å². The number of hydrogen-bond donors (Lipinski definition) is 1. The van der Waals surface area contributed by atoms with Gasteiger partial charge in [0, 0.05) is 25.7 Å². The number of rotatable bonds is 5. The van der Waals surface area contributed by atoms with Crippen molar-refractivity contribution < 1.29 is 13.2 Å². The number of anilines is 1. The second-order valence-corrected chi connectivity index (χ2v) is 8.18. The van der Waals surface area contributed by atoms with Gasteiger partial charge in [0.25, 0.3) is 5.56 Å². The third kappa shape index (κ3) is 4.75. The van der Waals surface area contributed by atoms with Crippen LogP contribution in [0.25, 0.3) is 5.69 Å². The van der Waals surface area contributed by atoms with Crippen LogP contribution >= 0.6 is 11.6 Å². The highest BCUT2D eigenvalue weighted by molar-refractivity contribution is 6.33. The summed E-state index contributed by atoms with van der Waals surface area (Å²) in [6.07, 6.45) is 1.46. The van der Waals surface area contributed by atoms with E-state index in [2.05, 4.69) is 15.3 Å². The van der Waals surface area contributed by atoms with E-state index in [0.29, 0.717) is 5.69 Å². The first-order chi connectivity index (χ1) is 13.8. The van der Waals surface area contributed by atoms with Gasteiger partial charge in [-0.1, -0.05) is 17.7 Å². The van der Waals surface area contributed by atoms with Crippen LogP contribution < -0.4 is 10.9 Å². The topological polar surface area (TPSA) is 50.2 Å². The van der Waals surface area contributed by atoms with Gasteiger partial charge in [0.1, 0.15) is 5.02 Å². The molecular formula is C20H22ClF3N4O. The summed E-state index contributed by atoms with van der Waals surface area (Å²) in [5, 5.41) is 7.25. The van der Waals surface area contributed by atoms with Crippen molar-refractivity contribution in [2.24, 2.45) is 5.92 Å². The molecule has 1 saturated carbocycles. The lowest BCUT2D eigenvalue weighted by Crippen LogP contribution is -2.40. The van der Waals surface area contributed by atoms with E-state index in [1.54, 1.807) is 0 Å². The molecular weight excluding hydrogens is 405 g/mol. The Hall–Kier alpha value is -2.06. The van der Waals surface area contributed by atoms with Crippen molar-refractivity contribution in [3.05, 3.63) is 51.4 Å². The molecule has 156 valence electrons. The Morgan fingerprint density at radius 3 is 2.55 bits per heavy atom. The van der Waals surface area contributed by atoms with Gasteiger partial charge in [-0.05, 0) is 49.8 Å². The summed E-state index contributed by atoms with van der Waals surface area (Å²) in [7, 11) is 0. The predicted molar refractivity (Wildman–Crippen MR) is 106 cm³/mol. The van der Waals surface area contributed by atoms with Crippen LogP contribution in [-0.2, 0) is 6.18 Å². The van der Waals surface area contributed by atoms with Gasteiger partial charge in [-0.25, -0.2) is 0 Å². The lowest BCUT2D eigenvalue weighted by atomic mass is 10.0. The number of nitrogens with zero attached hydrogens (tertiary/aromatic N) is 3. The number of alkyl halides is 3. The summed E-state index contributed by atoms with van der Waals surface area (Å²) in [5.41, 5.74) is -1.06. The summed E-state index contributed by atoms with van der Waals surface area (Å²) in [6.45, 7) is 3.17. The molecule has 29 heavy (non-hydrogen) atoms. The standard InChI is InChI=1S/C20H22ClF3N4O/c21-18-17(26-15-6-8-27(9-7-15)12-13-4-5-13)11-25-28(19(18)29)16-3-1-2-14(10-16)20(22,23)24/h1-3,10-11,13,15,26H,4-9,12H2. The SMILES string of the molecule is O=c1c(Cl)c(NC2CCN(CC3CC3)CC2)cnn1-c1cccc(C(F)(F)F)c1. The van der Waals surface area contributed by atoms with Crippen molar-refractivity contribution in [2.75, 3.05) is 25.0 Å². The molecule has 2 fully saturated rings. The number of piperidine rings is 1. The molecule has 0 atom stereocenters. The molecule has 2 aromatic rings. The van der Waals surface area contributed by atoms with Gasteiger partial charge in [0.05, 0.1) is 23.1 Å². The maximum Gasteiger partial charge on any atom is 0.416 e. The summed E-state index contributed by atoms with van der Waals surface area (Å²) >= 11 is 6.23. The minimum Gasteiger partial charge on any atom is -0.380 e. The third-order valence-corrected chi connectivity index (χ3v) is 5.86. The van der Waals surface area contributed by atoms with Crippen molar-refractivity contribution in [1.82, 2.24) is 14.7 Å². The number of halogens is 4. The van der Waals surface area contributed by atoms with E-state index >= 15 is 0 Å². The molecule has 1 aromatic carbocycles.